The van der Waals surface area contributed by atoms with Gasteiger partial charge in [0.15, 0.2) is 0 Å². The second-order valence-corrected chi connectivity index (χ2v) is 8.20. The number of carbonyl (C=O) groups excluding carboxylic acids is 2. The van der Waals surface area contributed by atoms with Gasteiger partial charge in [0.2, 0.25) is 21.8 Å². The Hall–Kier alpha value is -2.44. The first kappa shape index (κ1) is 21.9. The number of sulfonamides is 1. The number of halogens is 3. The van der Waals surface area contributed by atoms with Crippen molar-refractivity contribution >= 4 is 38.9 Å². The number of carbonyl (C=O) groups is 2. The molecule has 2 rings (SSSR count). The molecule has 2 aromatic rings. The fourth-order valence-corrected chi connectivity index (χ4v) is 4.05. The summed E-state index contributed by atoms with van der Waals surface area (Å²) in [4.78, 5) is 22.8. The average Bonchev–Trinajstić information content (AvgIpc) is 3.10. The van der Waals surface area contributed by atoms with Crippen LogP contribution in [0, 0.1) is 0 Å². The molecular formula is C16H16F3N3O4S2. The molecule has 28 heavy (non-hydrogen) atoms. The van der Waals surface area contributed by atoms with Crippen LogP contribution in [0.3, 0.4) is 0 Å². The summed E-state index contributed by atoms with van der Waals surface area (Å²) in [7, 11) is -4.47. The lowest BCUT2D eigenvalue weighted by Crippen LogP contribution is -2.44. The second kappa shape index (κ2) is 8.71. The van der Waals surface area contributed by atoms with Crippen LogP contribution >= 0.6 is 11.3 Å². The maximum atomic E-state index is 12.8. The first-order chi connectivity index (χ1) is 13.0. The number of alkyl halides is 3. The highest BCUT2D eigenvalue weighted by Gasteiger charge is 2.32. The van der Waals surface area contributed by atoms with E-state index in [9.17, 15) is 31.2 Å². The van der Waals surface area contributed by atoms with Gasteiger partial charge in [-0.05, 0) is 36.1 Å². The number of amides is 2. The number of primary amides is 1. The summed E-state index contributed by atoms with van der Waals surface area (Å²) in [5, 5.41) is 5.75. The minimum absolute atomic E-state index is 0.260. The van der Waals surface area contributed by atoms with Crippen molar-refractivity contribution in [2.24, 2.45) is 5.73 Å². The van der Waals surface area contributed by atoms with Gasteiger partial charge in [-0.3, -0.25) is 9.59 Å². The van der Waals surface area contributed by atoms with Crippen LogP contribution < -0.4 is 15.8 Å². The van der Waals surface area contributed by atoms with Crippen LogP contribution in [-0.4, -0.2) is 26.3 Å². The zero-order chi connectivity index (χ0) is 20.9. The van der Waals surface area contributed by atoms with Crippen molar-refractivity contribution in [1.82, 2.24) is 4.72 Å². The number of rotatable bonds is 8. The van der Waals surface area contributed by atoms with Crippen molar-refractivity contribution in [3.8, 4) is 0 Å². The molecule has 1 aromatic carbocycles. The summed E-state index contributed by atoms with van der Waals surface area (Å²) in [5.74, 6) is -1.53. The third-order valence-electron chi connectivity index (χ3n) is 3.55. The number of hydrogen-bond donors (Lipinski definition) is 3. The quantitative estimate of drug-likeness (QED) is 0.590. The third kappa shape index (κ3) is 6.04. The van der Waals surface area contributed by atoms with Crippen LogP contribution in [0.5, 0.6) is 0 Å². The van der Waals surface area contributed by atoms with Gasteiger partial charge in [-0.15, -0.1) is 0 Å². The monoisotopic (exact) mass is 435 g/mol. The molecule has 0 bridgehead atoms. The zero-order valence-electron chi connectivity index (χ0n) is 14.2. The van der Waals surface area contributed by atoms with Gasteiger partial charge in [-0.2, -0.15) is 29.2 Å². The van der Waals surface area contributed by atoms with Crippen LogP contribution in [-0.2, 0) is 25.8 Å². The molecule has 0 saturated heterocycles. The predicted molar refractivity (Wildman–Crippen MR) is 96.9 cm³/mol. The number of nitrogens with two attached hydrogens (primary N) is 1. The molecule has 7 nitrogen and oxygen atoms in total. The molecule has 1 heterocycles. The van der Waals surface area contributed by atoms with Crippen molar-refractivity contribution < 1.29 is 31.2 Å². The molecule has 0 aliphatic rings. The molecule has 1 atom stereocenters. The van der Waals surface area contributed by atoms with E-state index in [2.05, 4.69) is 5.32 Å². The molecular weight excluding hydrogens is 419 g/mol. The van der Waals surface area contributed by atoms with Gasteiger partial charge in [-0.1, -0.05) is 6.07 Å². The number of thiophene rings is 1. The Morgan fingerprint density at radius 2 is 1.93 bits per heavy atom. The first-order valence-corrected chi connectivity index (χ1v) is 10.2. The minimum atomic E-state index is -4.73. The van der Waals surface area contributed by atoms with Crippen molar-refractivity contribution in [1.29, 1.82) is 0 Å². The molecule has 0 saturated carbocycles. The Balaban J connectivity index is 2.25. The summed E-state index contributed by atoms with van der Waals surface area (Å²) < 4.78 is 65.6. The molecule has 0 fully saturated rings. The van der Waals surface area contributed by atoms with Gasteiger partial charge in [0.05, 0.1) is 16.1 Å². The van der Waals surface area contributed by atoms with Crippen molar-refractivity contribution in [3.05, 3.63) is 46.7 Å². The van der Waals surface area contributed by atoms with E-state index in [0.717, 1.165) is 18.2 Å². The van der Waals surface area contributed by atoms with Crippen LogP contribution in [0.15, 0.2) is 46.0 Å². The molecule has 2 amide bonds. The summed E-state index contributed by atoms with van der Waals surface area (Å²) in [6.45, 7) is 0. The first-order valence-electron chi connectivity index (χ1n) is 7.80. The number of hydrogen-bond acceptors (Lipinski definition) is 5. The van der Waals surface area contributed by atoms with E-state index in [0.29, 0.717) is 11.8 Å². The molecule has 0 aliphatic carbocycles. The highest BCUT2D eigenvalue weighted by molar-refractivity contribution is 7.89. The fourth-order valence-electron chi connectivity index (χ4n) is 2.19. The molecule has 152 valence electrons. The van der Waals surface area contributed by atoms with E-state index < -0.39 is 44.5 Å². The number of nitrogens with one attached hydrogen (secondary N) is 2. The Labute approximate surface area is 162 Å². The van der Waals surface area contributed by atoms with Gasteiger partial charge in [0.1, 0.15) is 6.04 Å². The summed E-state index contributed by atoms with van der Waals surface area (Å²) in [5.41, 5.74) is 4.32. The van der Waals surface area contributed by atoms with E-state index in [1.165, 1.54) is 11.3 Å². The Kier molecular flexibility index (Phi) is 6.80. The Bertz CT molecular complexity index is 944. The van der Waals surface area contributed by atoms with Gasteiger partial charge < -0.3 is 11.1 Å². The van der Waals surface area contributed by atoms with E-state index in [1.54, 1.807) is 16.8 Å². The topological polar surface area (TPSA) is 118 Å². The zero-order valence-corrected chi connectivity index (χ0v) is 15.8. The largest absolute Gasteiger partial charge is 0.416 e. The van der Waals surface area contributed by atoms with Crippen molar-refractivity contribution in [3.63, 3.8) is 0 Å². The molecule has 0 aliphatic heterocycles. The van der Waals surface area contributed by atoms with Gasteiger partial charge in [0.25, 0.3) is 0 Å². The molecule has 0 unspecified atom stereocenters. The SMILES string of the molecule is NC(=O)CC[C@H](NS(=O)(=O)c1cccc(C(F)(F)F)c1)C(=O)Nc1ccsc1. The van der Waals surface area contributed by atoms with E-state index >= 15 is 0 Å². The lowest BCUT2D eigenvalue weighted by atomic mass is 10.1. The third-order valence-corrected chi connectivity index (χ3v) is 5.71. The molecule has 0 radical (unpaired) electrons. The average molecular weight is 435 g/mol. The maximum Gasteiger partial charge on any atom is 0.416 e. The fraction of sp³-hybridized carbons (Fsp3) is 0.250. The van der Waals surface area contributed by atoms with Crippen molar-refractivity contribution in [2.75, 3.05) is 5.32 Å². The lowest BCUT2D eigenvalue weighted by Gasteiger charge is -2.18. The van der Waals surface area contributed by atoms with Crippen LogP contribution in [0.4, 0.5) is 18.9 Å². The van der Waals surface area contributed by atoms with Crippen LogP contribution in [0.1, 0.15) is 18.4 Å². The summed E-state index contributed by atoms with van der Waals surface area (Å²) in [6, 6.07) is 3.28. The van der Waals surface area contributed by atoms with E-state index in [4.69, 9.17) is 5.73 Å². The standard InChI is InChI=1S/C16H16F3N3O4S2/c17-16(18,19)10-2-1-3-12(8-10)28(25,26)22-13(4-5-14(20)23)15(24)21-11-6-7-27-9-11/h1-3,6-9,13,22H,4-5H2,(H2,20,23)(H,21,24)/t13-/m0/s1. The van der Waals surface area contributed by atoms with Gasteiger partial charge in [0, 0.05) is 11.8 Å². The molecule has 1 aromatic heterocycles. The normalized spacial score (nSPS) is 13.1. The predicted octanol–water partition coefficient (Wildman–Crippen LogP) is 2.32. The van der Waals surface area contributed by atoms with Gasteiger partial charge >= 0.3 is 6.18 Å². The van der Waals surface area contributed by atoms with Gasteiger partial charge in [-0.25, -0.2) is 8.42 Å². The number of benzene rings is 1. The lowest BCUT2D eigenvalue weighted by molar-refractivity contribution is -0.137. The highest BCUT2D eigenvalue weighted by atomic mass is 32.2. The summed E-state index contributed by atoms with van der Waals surface area (Å²) >= 11 is 1.29. The molecule has 4 N–H and O–H groups in total. The smallest absolute Gasteiger partial charge is 0.370 e. The summed E-state index contributed by atoms with van der Waals surface area (Å²) in [6.07, 6.45) is -5.29. The maximum absolute atomic E-state index is 12.8. The molecule has 0 spiro atoms. The van der Waals surface area contributed by atoms with E-state index in [-0.39, 0.29) is 12.8 Å². The minimum Gasteiger partial charge on any atom is -0.370 e. The highest BCUT2D eigenvalue weighted by Crippen LogP contribution is 2.30. The van der Waals surface area contributed by atoms with Crippen molar-refractivity contribution in [2.45, 2.75) is 30.0 Å². The van der Waals surface area contributed by atoms with Crippen LogP contribution in [0.25, 0.3) is 0 Å². The Morgan fingerprint density at radius 3 is 2.50 bits per heavy atom. The van der Waals surface area contributed by atoms with E-state index in [1.807, 2.05) is 4.72 Å². The molecule has 12 heteroatoms. The van der Waals surface area contributed by atoms with Crippen LogP contribution in [0.2, 0.25) is 0 Å². The Morgan fingerprint density at radius 1 is 1.21 bits per heavy atom. The second-order valence-electron chi connectivity index (χ2n) is 5.71. The number of anilines is 1.